The van der Waals surface area contributed by atoms with E-state index in [-0.39, 0.29) is 19.0 Å². The van der Waals surface area contributed by atoms with Gasteiger partial charge >= 0.3 is 5.97 Å². The van der Waals surface area contributed by atoms with E-state index >= 15 is 0 Å². The van der Waals surface area contributed by atoms with Gasteiger partial charge in [0.1, 0.15) is 11.9 Å². The van der Waals surface area contributed by atoms with E-state index < -0.39 is 12.0 Å². The summed E-state index contributed by atoms with van der Waals surface area (Å²) in [5, 5.41) is 18.2. The van der Waals surface area contributed by atoms with Crippen LogP contribution in [0.25, 0.3) is 0 Å². The Hall–Kier alpha value is -1.46. The molecule has 0 aliphatic carbocycles. The number of hydrogen-bond donors (Lipinski definition) is 2. The molecule has 1 rings (SSSR count). The summed E-state index contributed by atoms with van der Waals surface area (Å²) < 4.78 is 13.2. The monoisotopic (exact) mass is 255 g/mol. The van der Waals surface area contributed by atoms with Crippen molar-refractivity contribution in [1.29, 1.82) is 0 Å². The van der Waals surface area contributed by atoms with E-state index in [9.17, 15) is 14.3 Å². The molecule has 0 bridgehead atoms. The Kier molecular flexibility index (Phi) is 5.25. The van der Waals surface area contributed by atoms with Crippen LogP contribution in [0.1, 0.15) is 24.1 Å². The highest BCUT2D eigenvalue weighted by Gasteiger charge is 2.26. The SMILES string of the molecule is CCN(CCO)C(C(=O)O)c1ccc(F)c(C)c1. The molecule has 0 aliphatic rings. The molecular formula is C13H18FNO3. The Bertz CT molecular complexity index is 423. The van der Waals surface area contributed by atoms with Crippen LogP contribution in [0.15, 0.2) is 18.2 Å². The predicted octanol–water partition coefficient (Wildman–Crippen LogP) is 1.57. The summed E-state index contributed by atoms with van der Waals surface area (Å²) in [6.07, 6.45) is 0. The van der Waals surface area contributed by atoms with Crippen molar-refractivity contribution in [3.05, 3.63) is 35.1 Å². The number of aryl methyl sites for hydroxylation is 1. The number of carboxylic acids is 1. The maximum absolute atomic E-state index is 13.2. The van der Waals surface area contributed by atoms with Crippen LogP contribution in [-0.2, 0) is 4.79 Å². The van der Waals surface area contributed by atoms with Crippen molar-refractivity contribution in [2.75, 3.05) is 19.7 Å². The van der Waals surface area contributed by atoms with Gasteiger partial charge in [-0.05, 0) is 30.7 Å². The third kappa shape index (κ3) is 3.27. The highest BCUT2D eigenvalue weighted by atomic mass is 19.1. The molecule has 1 aromatic rings. The average molecular weight is 255 g/mol. The Balaban J connectivity index is 3.10. The van der Waals surface area contributed by atoms with Crippen LogP contribution < -0.4 is 0 Å². The predicted molar refractivity (Wildman–Crippen MR) is 65.8 cm³/mol. The minimum absolute atomic E-state index is 0.113. The molecule has 0 heterocycles. The van der Waals surface area contributed by atoms with Crippen LogP contribution in [-0.4, -0.2) is 40.8 Å². The zero-order valence-corrected chi connectivity index (χ0v) is 10.6. The number of hydrogen-bond acceptors (Lipinski definition) is 3. The normalized spacial score (nSPS) is 12.7. The summed E-state index contributed by atoms with van der Waals surface area (Å²) in [5.74, 6) is -1.36. The van der Waals surface area contributed by atoms with Gasteiger partial charge < -0.3 is 10.2 Å². The Morgan fingerprint density at radius 2 is 2.17 bits per heavy atom. The molecule has 0 aliphatic heterocycles. The molecule has 100 valence electrons. The summed E-state index contributed by atoms with van der Waals surface area (Å²) >= 11 is 0. The second-order valence-corrected chi connectivity index (χ2v) is 4.10. The maximum atomic E-state index is 13.2. The van der Waals surface area contributed by atoms with Gasteiger partial charge in [0.2, 0.25) is 0 Å². The number of aliphatic hydroxyl groups excluding tert-OH is 1. The molecule has 4 nitrogen and oxygen atoms in total. The van der Waals surface area contributed by atoms with Crippen molar-refractivity contribution < 1.29 is 19.4 Å². The fourth-order valence-corrected chi connectivity index (χ4v) is 1.95. The van der Waals surface area contributed by atoms with Crippen molar-refractivity contribution in [1.82, 2.24) is 4.90 Å². The fraction of sp³-hybridized carbons (Fsp3) is 0.462. The number of likely N-dealkylation sites (N-methyl/N-ethyl adjacent to an activating group) is 1. The van der Waals surface area contributed by atoms with Crippen LogP contribution in [0.2, 0.25) is 0 Å². The molecule has 0 aromatic heterocycles. The second kappa shape index (κ2) is 6.47. The number of aliphatic hydroxyl groups is 1. The maximum Gasteiger partial charge on any atom is 0.325 e. The summed E-state index contributed by atoms with van der Waals surface area (Å²) in [5.41, 5.74) is 0.940. The van der Waals surface area contributed by atoms with E-state index in [2.05, 4.69) is 0 Å². The number of aliphatic carboxylic acids is 1. The van der Waals surface area contributed by atoms with Gasteiger partial charge in [0.15, 0.2) is 0 Å². The molecule has 0 saturated carbocycles. The number of carbonyl (C=O) groups is 1. The van der Waals surface area contributed by atoms with Crippen LogP contribution in [0.3, 0.4) is 0 Å². The molecule has 0 radical (unpaired) electrons. The molecule has 18 heavy (non-hydrogen) atoms. The lowest BCUT2D eigenvalue weighted by atomic mass is 10.0. The number of benzene rings is 1. The largest absolute Gasteiger partial charge is 0.480 e. The third-order valence-electron chi connectivity index (χ3n) is 2.89. The van der Waals surface area contributed by atoms with E-state index in [4.69, 9.17) is 5.11 Å². The van der Waals surface area contributed by atoms with Crippen molar-refractivity contribution in [3.8, 4) is 0 Å². The number of nitrogens with zero attached hydrogens (tertiary/aromatic N) is 1. The average Bonchev–Trinajstić information content (AvgIpc) is 2.32. The van der Waals surface area contributed by atoms with Crippen LogP contribution >= 0.6 is 0 Å². The first-order chi connectivity index (χ1) is 8.51. The van der Waals surface area contributed by atoms with Crippen LogP contribution in [0.5, 0.6) is 0 Å². The summed E-state index contributed by atoms with van der Waals surface area (Å²) in [4.78, 5) is 13.0. The lowest BCUT2D eigenvalue weighted by Crippen LogP contribution is -2.36. The van der Waals surface area contributed by atoms with Gasteiger partial charge in [0.05, 0.1) is 6.61 Å². The molecule has 1 atom stereocenters. The third-order valence-corrected chi connectivity index (χ3v) is 2.89. The van der Waals surface area contributed by atoms with Gasteiger partial charge in [-0.1, -0.05) is 19.1 Å². The van der Waals surface area contributed by atoms with E-state index in [1.165, 1.54) is 18.2 Å². The van der Waals surface area contributed by atoms with Gasteiger partial charge in [-0.25, -0.2) is 4.39 Å². The lowest BCUT2D eigenvalue weighted by molar-refractivity contribution is -0.143. The molecule has 5 heteroatoms. The Morgan fingerprint density at radius 3 is 2.61 bits per heavy atom. The minimum atomic E-state index is -1.00. The van der Waals surface area contributed by atoms with Crippen LogP contribution in [0, 0.1) is 12.7 Å². The van der Waals surface area contributed by atoms with Crippen molar-refractivity contribution >= 4 is 5.97 Å². The van der Waals surface area contributed by atoms with Gasteiger partial charge in [-0.15, -0.1) is 0 Å². The zero-order valence-electron chi connectivity index (χ0n) is 10.6. The molecule has 0 saturated heterocycles. The van der Waals surface area contributed by atoms with E-state index in [0.29, 0.717) is 17.7 Å². The van der Waals surface area contributed by atoms with Gasteiger partial charge in [-0.3, -0.25) is 9.69 Å². The number of carboxylic acid groups (broad SMARTS) is 1. The highest BCUT2D eigenvalue weighted by Crippen LogP contribution is 2.22. The van der Waals surface area contributed by atoms with Gasteiger partial charge in [-0.2, -0.15) is 0 Å². The summed E-state index contributed by atoms with van der Waals surface area (Å²) in [6, 6.07) is 3.42. The molecule has 0 amide bonds. The first-order valence-corrected chi connectivity index (χ1v) is 5.85. The fourth-order valence-electron chi connectivity index (χ4n) is 1.95. The number of halogens is 1. The summed E-state index contributed by atoms with van der Waals surface area (Å²) in [6.45, 7) is 4.07. The molecular weight excluding hydrogens is 237 g/mol. The number of rotatable bonds is 6. The minimum Gasteiger partial charge on any atom is -0.480 e. The second-order valence-electron chi connectivity index (χ2n) is 4.10. The van der Waals surface area contributed by atoms with Crippen LogP contribution in [0.4, 0.5) is 4.39 Å². The molecule has 0 fully saturated rings. The topological polar surface area (TPSA) is 60.8 Å². The standard InChI is InChI=1S/C13H18FNO3/c1-3-15(6-7-16)12(13(17)18)10-4-5-11(14)9(2)8-10/h4-5,8,12,16H,3,6-7H2,1-2H3,(H,17,18). The van der Waals surface area contributed by atoms with Gasteiger partial charge in [0, 0.05) is 6.54 Å². The first kappa shape index (κ1) is 14.6. The molecule has 0 spiro atoms. The quantitative estimate of drug-likeness (QED) is 0.810. The van der Waals surface area contributed by atoms with Crippen molar-refractivity contribution in [3.63, 3.8) is 0 Å². The Morgan fingerprint density at radius 1 is 1.50 bits per heavy atom. The molecule has 1 aromatic carbocycles. The molecule has 1 unspecified atom stereocenters. The zero-order chi connectivity index (χ0) is 13.7. The Labute approximate surface area is 106 Å². The first-order valence-electron chi connectivity index (χ1n) is 5.85. The summed E-state index contributed by atoms with van der Waals surface area (Å²) in [7, 11) is 0. The van der Waals surface area contributed by atoms with Gasteiger partial charge in [0.25, 0.3) is 0 Å². The molecule has 2 N–H and O–H groups in total. The van der Waals surface area contributed by atoms with E-state index in [1.54, 1.807) is 11.8 Å². The van der Waals surface area contributed by atoms with Crippen molar-refractivity contribution in [2.45, 2.75) is 19.9 Å². The van der Waals surface area contributed by atoms with E-state index in [1.807, 2.05) is 6.92 Å². The highest BCUT2D eigenvalue weighted by molar-refractivity contribution is 5.75. The van der Waals surface area contributed by atoms with E-state index in [0.717, 1.165) is 0 Å². The smallest absolute Gasteiger partial charge is 0.325 e. The lowest BCUT2D eigenvalue weighted by Gasteiger charge is -2.27. The van der Waals surface area contributed by atoms with Crippen molar-refractivity contribution in [2.24, 2.45) is 0 Å².